The number of hydrogen-bond donors (Lipinski definition) is 1. The molecule has 0 unspecified atom stereocenters. The van der Waals surface area contributed by atoms with Gasteiger partial charge in [-0.2, -0.15) is 0 Å². The highest BCUT2D eigenvalue weighted by Crippen LogP contribution is 2.12. The van der Waals surface area contributed by atoms with Crippen LogP contribution in [-0.2, 0) is 14.3 Å². The van der Waals surface area contributed by atoms with Gasteiger partial charge < -0.3 is 9.84 Å². The minimum absolute atomic E-state index is 0. The molecule has 0 radical (unpaired) electrons. The van der Waals surface area contributed by atoms with Crippen LogP contribution in [0.4, 0.5) is 0 Å². The van der Waals surface area contributed by atoms with Gasteiger partial charge in [0.15, 0.2) is 0 Å². The van der Waals surface area contributed by atoms with E-state index in [9.17, 15) is 9.59 Å². The monoisotopic (exact) mass is 366 g/mol. The Balaban J connectivity index is 0. The number of unbranched alkanes of at least 4 members (excludes halogenated alkanes) is 13. The maximum absolute atomic E-state index is 11.1. The highest BCUT2D eigenvalue weighted by atomic mass is 24.3. The van der Waals surface area contributed by atoms with Crippen LogP contribution >= 0.6 is 0 Å². The van der Waals surface area contributed by atoms with E-state index >= 15 is 0 Å². The van der Waals surface area contributed by atoms with Crippen LogP contribution < -0.4 is 0 Å². The van der Waals surface area contributed by atoms with Gasteiger partial charge in [0.1, 0.15) is 0 Å². The van der Waals surface area contributed by atoms with Crippen molar-refractivity contribution in [1.82, 2.24) is 0 Å². The third-order valence-electron chi connectivity index (χ3n) is 4.10. The molecule has 0 atom stereocenters. The van der Waals surface area contributed by atoms with E-state index in [1.54, 1.807) is 0 Å². The van der Waals surface area contributed by atoms with E-state index in [0.29, 0.717) is 6.61 Å². The molecule has 0 aromatic rings. The molecule has 0 bridgehead atoms. The van der Waals surface area contributed by atoms with E-state index in [-0.39, 0.29) is 23.1 Å². The maximum atomic E-state index is 11.1. The van der Waals surface area contributed by atoms with Crippen LogP contribution in [0.1, 0.15) is 96.8 Å². The Labute approximate surface area is 169 Å². The molecular weight excluding hydrogens is 329 g/mol. The number of rotatable bonds is 17. The lowest BCUT2D eigenvalue weighted by Gasteiger charge is -2.04. The molecule has 0 saturated carbocycles. The quantitative estimate of drug-likeness (QED) is 0.175. The Hall–Kier alpha value is -0.554. The van der Waals surface area contributed by atoms with Gasteiger partial charge in [0.25, 0.3) is 0 Å². The molecule has 0 fully saturated rings. The van der Waals surface area contributed by atoms with Gasteiger partial charge in [-0.15, -0.1) is 0 Å². The fourth-order valence-corrected chi connectivity index (χ4v) is 2.66. The lowest BCUT2D eigenvalue weighted by molar-refractivity contribution is -0.138. The largest absolute Gasteiger partial charge is 0.478 e. The summed E-state index contributed by atoms with van der Waals surface area (Å²) in [7, 11) is 0. The number of carbonyl (C=O) groups excluding carboxylic acids is 1. The van der Waals surface area contributed by atoms with Gasteiger partial charge in [0.05, 0.1) is 6.61 Å². The summed E-state index contributed by atoms with van der Waals surface area (Å²) in [6.45, 7) is 2.63. The van der Waals surface area contributed by atoms with Gasteiger partial charge in [-0.25, -0.2) is 9.59 Å². The van der Waals surface area contributed by atoms with Crippen molar-refractivity contribution in [2.75, 3.05) is 6.61 Å². The molecule has 0 spiro atoms. The smallest absolute Gasteiger partial charge is 0.331 e. The first kappa shape index (κ1) is 26.7. The van der Waals surface area contributed by atoms with Gasteiger partial charge in [0, 0.05) is 12.2 Å². The fourth-order valence-electron chi connectivity index (χ4n) is 2.66. The normalized spacial score (nSPS) is 10.6. The van der Waals surface area contributed by atoms with Crippen LogP contribution in [0.2, 0.25) is 0 Å². The summed E-state index contributed by atoms with van der Waals surface area (Å²) in [4.78, 5) is 21.3. The molecule has 25 heavy (non-hydrogen) atoms. The summed E-state index contributed by atoms with van der Waals surface area (Å²) in [6, 6.07) is 0. The van der Waals surface area contributed by atoms with E-state index in [0.717, 1.165) is 25.0 Å². The zero-order valence-corrected chi connectivity index (χ0v) is 15.4. The number of carboxylic acids is 1. The molecule has 4 nitrogen and oxygen atoms in total. The second-order valence-corrected chi connectivity index (χ2v) is 6.44. The van der Waals surface area contributed by atoms with E-state index in [2.05, 4.69) is 6.92 Å². The molecule has 0 amide bonds. The molecule has 0 heterocycles. The zero-order chi connectivity index (χ0) is 17.9. The summed E-state index contributed by atoms with van der Waals surface area (Å²) in [5.74, 6) is -1.71. The number of hydrogen-bond acceptors (Lipinski definition) is 3. The van der Waals surface area contributed by atoms with Crippen LogP contribution in [0.15, 0.2) is 12.2 Å². The van der Waals surface area contributed by atoms with Crippen LogP contribution in [0.5, 0.6) is 0 Å². The van der Waals surface area contributed by atoms with Crippen LogP contribution in [-0.4, -0.2) is 46.7 Å². The van der Waals surface area contributed by atoms with Crippen LogP contribution in [0.25, 0.3) is 0 Å². The van der Waals surface area contributed by atoms with E-state index in [1.807, 2.05) is 0 Å². The average molecular weight is 367 g/mol. The number of carbonyl (C=O) groups is 2. The van der Waals surface area contributed by atoms with E-state index in [4.69, 9.17) is 9.84 Å². The summed E-state index contributed by atoms with van der Waals surface area (Å²) >= 11 is 0. The Bertz CT molecular complexity index is 343. The number of esters is 1. The number of ether oxygens (including phenoxy) is 1. The van der Waals surface area contributed by atoms with Crippen LogP contribution in [0.3, 0.4) is 0 Å². The minimum atomic E-state index is -1.14. The van der Waals surface area contributed by atoms with Gasteiger partial charge in [-0.05, 0) is 6.42 Å². The van der Waals surface area contributed by atoms with Crippen molar-refractivity contribution >= 4 is 35.0 Å². The Kier molecular flexibility index (Phi) is 22.9. The predicted octanol–water partition coefficient (Wildman–Crippen LogP) is 4.74. The van der Waals surface area contributed by atoms with Crippen molar-refractivity contribution in [2.45, 2.75) is 96.8 Å². The van der Waals surface area contributed by atoms with Gasteiger partial charge >= 0.3 is 35.0 Å². The Morgan fingerprint density at radius 1 is 0.720 bits per heavy atom. The summed E-state index contributed by atoms with van der Waals surface area (Å²) < 4.78 is 4.91. The first-order valence-corrected chi connectivity index (χ1v) is 9.74. The molecule has 0 aromatic carbocycles. The van der Waals surface area contributed by atoms with Crippen molar-refractivity contribution in [3.8, 4) is 0 Å². The average Bonchev–Trinajstić information content (AvgIpc) is 2.56. The minimum Gasteiger partial charge on any atom is -0.478 e. The van der Waals surface area contributed by atoms with Crippen molar-refractivity contribution < 1.29 is 19.4 Å². The standard InChI is InChI=1S/C20H36O4.Mg.2H/c1-2-3-4-5-6-7-8-9-10-11-12-13-14-15-18-24-20(23)17-16-19(21)22;;;/h16-17H,2-15,18H2,1H3,(H,21,22);;;/b17-16-;;;. The molecule has 0 rings (SSSR count). The first-order valence-electron chi connectivity index (χ1n) is 9.74. The predicted molar refractivity (Wildman–Crippen MR) is 107 cm³/mol. The van der Waals surface area contributed by atoms with E-state index < -0.39 is 11.9 Å². The molecule has 0 aliphatic heterocycles. The third-order valence-corrected chi connectivity index (χ3v) is 4.10. The number of aliphatic carboxylic acids is 1. The second kappa shape index (κ2) is 21.5. The first-order chi connectivity index (χ1) is 11.7. The highest BCUT2D eigenvalue weighted by Gasteiger charge is 1.98. The van der Waals surface area contributed by atoms with Gasteiger partial charge in [0.2, 0.25) is 0 Å². The summed E-state index contributed by atoms with van der Waals surface area (Å²) in [5, 5.41) is 8.37. The van der Waals surface area contributed by atoms with Crippen molar-refractivity contribution in [1.29, 1.82) is 0 Å². The molecule has 0 aromatic heterocycles. The third kappa shape index (κ3) is 23.4. The maximum Gasteiger partial charge on any atom is 0.331 e. The number of carboxylic acid groups (broad SMARTS) is 1. The van der Waals surface area contributed by atoms with E-state index in [1.165, 1.54) is 77.0 Å². The summed E-state index contributed by atoms with van der Waals surface area (Å²) in [6.07, 6.45) is 19.8. The molecule has 0 aliphatic rings. The molecule has 1 N–H and O–H groups in total. The van der Waals surface area contributed by atoms with Crippen molar-refractivity contribution in [2.24, 2.45) is 0 Å². The Morgan fingerprint density at radius 2 is 1.12 bits per heavy atom. The fraction of sp³-hybridized carbons (Fsp3) is 0.800. The lowest BCUT2D eigenvalue weighted by atomic mass is 10.0. The molecule has 5 heteroatoms. The zero-order valence-electron chi connectivity index (χ0n) is 15.4. The molecular formula is C20H38MgO4. The lowest BCUT2D eigenvalue weighted by Crippen LogP contribution is -2.03. The van der Waals surface area contributed by atoms with Crippen molar-refractivity contribution in [3.05, 3.63) is 12.2 Å². The molecule has 144 valence electrons. The van der Waals surface area contributed by atoms with Crippen molar-refractivity contribution in [3.63, 3.8) is 0 Å². The topological polar surface area (TPSA) is 63.6 Å². The molecule has 0 saturated heterocycles. The Morgan fingerprint density at radius 3 is 1.52 bits per heavy atom. The molecule has 0 aliphatic carbocycles. The van der Waals surface area contributed by atoms with Gasteiger partial charge in [-0.3, -0.25) is 0 Å². The second-order valence-electron chi connectivity index (χ2n) is 6.44. The summed E-state index contributed by atoms with van der Waals surface area (Å²) in [5.41, 5.74) is 0. The highest BCUT2D eigenvalue weighted by molar-refractivity contribution is 5.90. The van der Waals surface area contributed by atoms with Gasteiger partial charge in [-0.1, -0.05) is 90.4 Å². The SMILES string of the molecule is CCCCCCCCCCCCCCCCOC(=O)/C=C\C(=O)O.[MgH2]. The van der Waals surface area contributed by atoms with Crippen LogP contribution in [0, 0.1) is 0 Å².